The molecular weight excluding hydrogens is 704 g/mol. The standard InChI is InChI=1S/C21H19F2N5.C20H19FN6/c1-12-10-28-11-15(7-18(23)21(28)25-12)14-6-17(22)16-9-19(26-27-20(16)8-14)13-2-4-24-5-3-13;1-12-10-27-11-15(9-23-20(27)24-12)14-6-17(21)16-8-18(25-26-19(16)7-14)13-2-4-22-5-3-13/h6-11,13,24H,2-5H2,1H3;6-11,13,22H,2-5H2,1H3. The number of fused-ring (bicyclic) bond motifs is 4. The number of aryl methyl sites for hydroxylation is 2. The van der Waals surface area contributed by atoms with E-state index in [9.17, 15) is 13.2 Å². The molecule has 8 heterocycles. The molecule has 6 aromatic heterocycles. The van der Waals surface area contributed by atoms with Gasteiger partial charge in [0.2, 0.25) is 5.78 Å². The predicted octanol–water partition coefficient (Wildman–Crippen LogP) is 7.25. The predicted molar refractivity (Wildman–Crippen MR) is 204 cm³/mol. The molecule has 0 atom stereocenters. The van der Waals surface area contributed by atoms with Crippen LogP contribution in [0.1, 0.15) is 60.3 Å². The van der Waals surface area contributed by atoms with Gasteiger partial charge in [-0.2, -0.15) is 20.4 Å². The van der Waals surface area contributed by atoms with E-state index in [1.165, 1.54) is 12.1 Å². The van der Waals surface area contributed by atoms with Crippen LogP contribution in [0, 0.1) is 31.3 Å². The van der Waals surface area contributed by atoms with E-state index in [-0.39, 0.29) is 17.3 Å². The maximum Gasteiger partial charge on any atom is 0.233 e. The van der Waals surface area contributed by atoms with Gasteiger partial charge in [0.05, 0.1) is 33.8 Å². The Hall–Kier alpha value is -5.86. The summed E-state index contributed by atoms with van der Waals surface area (Å²) in [4.78, 5) is 12.8. The Bertz CT molecular complexity index is 2710. The van der Waals surface area contributed by atoms with Crippen LogP contribution in [0.25, 0.3) is 55.5 Å². The average Bonchev–Trinajstić information content (AvgIpc) is 3.79. The van der Waals surface area contributed by atoms with Gasteiger partial charge in [0.1, 0.15) is 11.6 Å². The van der Waals surface area contributed by atoms with Gasteiger partial charge in [0.15, 0.2) is 11.5 Å². The van der Waals surface area contributed by atoms with Gasteiger partial charge in [-0.25, -0.2) is 28.1 Å². The van der Waals surface area contributed by atoms with Crippen molar-refractivity contribution in [3.63, 3.8) is 0 Å². The molecule has 10 rings (SSSR count). The number of hydrogen-bond acceptors (Lipinski definition) is 9. The van der Waals surface area contributed by atoms with Crippen molar-refractivity contribution in [2.45, 2.75) is 51.4 Å². The highest BCUT2D eigenvalue weighted by molar-refractivity contribution is 5.86. The molecule has 55 heavy (non-hydrogen) atoms. The molecule has 0 aliphatic carbocycles. The molecule has 2 N–H and O–H groups in total. The number of nitrogens with one attached hydrogen (secondary N) is 2. The molecule has 8 aromatic rings. The fourth-order valence-corrected chi connectivity index (χ4v) is 7.69. The van der Waals surface area contributed by atoms with Crippen molar-refractivity contribution in [3.8, 4) is 22.3 Å². The van der Waals surface area contributed by atoms with Crippen molar-refractivity contribution in [1.29, 1.82) is 0 Å². The summed E-state index contributed by atoms with van der Waals surface area (Å²) in [6.07, 6.45) is 13.0. The van der Waals surface area contributed by atoms with Crippen LogP contribution in [0.15, 0.2) is 73.4 Å². The maximum atomic E-state index is 14.9. The van der Waals surface area contributed by atoms with Crippen LogP contribution in [0.3, 0.4) is 0 Å². The number of pyridine rings is 1. The van der Waals surface area contributed by atoms with Crippen LogP contribution in [0.5, 0.6) is 0 Å². The molecule has 2 aliphatic rings. The fourth-order valence-electron chi connectivity index (χ4n) is 7.69. The van der Waals surface area contributed by atoms with E-state index in [4.69, 9.17) is 0 Å². The van der Waals surface area contributed by atoms with Crippen molar-refractivity contribution in [3.05, 3.63) is 114 Å². The summed E-state index contributed by atoms with van der Waals surface area (Å²) in [7, 11) is 0. The Kier molecular flexibility index (Phi) is 9.14. The monoisotopic (exact) mass is 741 g/mol. The van der Waals surface area contributed by atoms with Gasteiger partial charge in [0, 0.05) is 64.7 Å². The summed E-state index contributed by atoms with van der Waals surface area (Å²) < 4.78 is 47.7. The summed E-state index contributed by atoms with van der Waals surface area (Å²) in [5.74, 6) is 0.174. The first-order valence-corrected chi connectivity index (χ1v) is 18.6. The lowest BCUT2D eigenvalue weighted by Crippen LogP contribution is -2.27. The van der Waals surface area contributed by atoms with Crippen LogP contribution in [-0.2, 0) is 0 Å². The van der Waals surface area contributed by atoms with Gasteiger partial charge < -0.3 is 15.0 Å². The quantitative estimate of drug-likeness (QED) is 0.192. The molecule has 2 aliphatic heterocycles. The van der Waals surface area contributed by atoms with Crippen molar-refractivity contribution >= 4 is 33.2 Å². The SMILES string of the molecule is Cc1cn2cc(-c3cc(F)c4cc(C5CCNCC5)nnc4c3)cc(F)c2n1.Cc1cn2cc(-c3cc(F)c4cc(C5CCNCC5)nnc4c3)cnc2n1. The minimum absolute atomic E-state index is 0.258. The Morgan fingerprint density at radius 1 is 0.545 bits per heavy atom. The topological polar surface area (TPSA) is 123 Å². The van der Waals surface area contributed by atoms with Crippen LogP contribution in [0.4, 0.5) is 13.2 Å². The zero-order valence-corrected chi connectivity index (χ0v) is 30.4. The van der Waals surface area contributed by atoms with E-state index < -0.39 is 5.82 Å². The van der Waals surface area contributed by atoms with Gasteiger partial charge in [-0.1, -0.05) is 0 Å². The van der Waals surface area contributed by atoms with Gasteiger partial charge >= 0.3 is 0 Å². The van der Waals surface area contributed by atoms with Crippen molar-refractivity contribution in [2.75, 3.05) is 26.2 Å². The molecule has 14 heteroatoms. The summed E-state index contributed by atoms with van der Waals surface area (Å²) in [5, 5.41) is 24.9. The normalized spacial score (nSPS) is 15.6. The molecule has 2 aromatic carbocycles. The molecule has 0 spiro atoms. The van der Waals surface area contributed by atoms with E-state index in [0.717, 1.165) is 85.8 Å². The molecule has 0 unspecified atom stereocenters. The van der Waals surface area contributed by atoms with Gasteiger partial charge in [0.25, 0.3) is 0 Å². The first-order valence-electron chi connectivity index (χ1n) is 18.6. The number of piperidine rings is 2. The third kappa shape index (κ3) is 6.98. The third-order valence-electron chi connectivity index (χ3n) is 10.6. The second-order valence-corrected chi connectivity index (χ2v) is 14.5. The highest BCUT2D eigenvalue weighted by Crippen LogP contribution is 2.32. The van der Waals surface area contributed by atoms with Gasteiger partial charge in [-0.05, 0) is 119 Å². The van der Waals surface area contributed by atoms with Crippen molar-refractivity contribution < 1.29 is 13.2 Å². The number of nitrogens with zero attached hydrogens (tertiary/aromatic N) is 9. The number of rotatable bonds is 4. The van der Waals surface area contributed by atoms with E-state index in [1.54, 1.807) is 48.1 Å². The van der Waals surface area contributed by atoms with Crippen molar-refractivity contribution in [1.82, 2.24) is 54.8 Å². The third-order valence-corrected chi connectivity index (χ3v) is 10.6. The molecule has 2 fully saturated rings. The Balaban J connectivity index is 0.000000144. The number of imidazole rings is 2. The zero-order valence-electron chi connectivity index (χ0n) is 30.4. The Morgan fingerprint density at radius 3 is 1.65 bits per heavy atom. The van der Waals surface area contributed by atoms with Crippen LogP contribution >= 0.6 is 0 Å². The number of hydrogen-bond donors (Lipinski definition) is 2. The Morgan fingerprint density at radius 2 is 1.05 bits per heavy atom. The number of benzene rings is 2. The largest absolute Gasteiger partial charge is 0.317 e. The first kappa shape index (κ1) is 34.9. The summed E-state index contributed by atoms with van der Waals surface area (Å²) in [6, 6.07) is 11.6. The molecular formula is C41H38F3N11. The molecule has 11 nitrogen and oxygen atoms in total. The van der Waals surface area contributed by atoms with Crippen LogP contribution in [0.2, 0.25) is 0 Å². The number of halogens is 3. The Labute approximate surface area is 314 Å². The minimum Gasteiger partial charge on any atom is -0.317 e. The first-order chi connectivity index (χ1) is 26.8. The highest BCUT2D eigenvalue weighted by Gasteiger charge is 2.21. The summed E-state index contributed by atoms with van der Waals surface area (Å²) >= 11 is 0. The minimum atomic E-state index is -0.446. The molecule has 0 saturated carbocycles. The number of aromatic nitrogens is 9. The van der Waals surface area contributed by atoms with E-state index in [0.29, 0.717) is 50.5 Å². The summed E-state index contributed by atoms with van der Waals surface area (Å²) in [5.41, 5.74) is 7.27. The highest BCUT2D eigenvalue weighted by atomic mass is 19.1. The lowest BCUT2D eigenvalue weighted by atomic mass is 9.93. The molecule has 2 saturated heterocycles. The van der Waals surface area contributed by atoms with Crippen molar-refractivity contribution in [2.24, 2.45) is 0 Å². The maximum absolute atomic E-state index is 14.9. The molecule has 0 amide bonds. The lowest BCUT2D eigenvalue weighted by Gasteiger charge is -2.21. The fraction of sp³-hybridized carbons (Fsp3) is 0.293. The van der Waals surface area contributed by atoms with Crippen LogP contribution < -0.4 is 10.6 Å². The van der Waals surface area contributed by atoms with E-state index >= 15 is 0 Å². The van der Waals surface area contributed by atoms with E-state index in [2.05, 4.69) is 46.0 Å². The molecule has 0 radical (unpaired) electrons. The average molecular weight is 742 g/mol. The smallest absolute Gasteiger partial charge is 0.233 e. The summed E-state index contributed by atoms with van der Waals surface area (Å²) in [6.45, 7) is 7.53. The molecule has 278 valence electrons. The van der Waals surface area contributed by atoms with E-state index in [1.807, 2.05) is 35.9 Å². The van der Waals surface area contributed by atoms with Gasteiger partial charge in [-0.15, -0.1) is 0 Å². The lowest BCUT2D eigenvalue weighted by molar-refractivity contribution is 0.451. The second-order valence-electron chi connectivity index (χ2n) is 14.5. The van der Waals surface area contributed by atoms with Gasteiger partial charge in [-0.3, -0.25) is 4.40 Å². The molecule has 0 bridgehead atoms. The second kappa shape index (κ2) is 14.4. The zero-order chi connectivity index (χ0) is 37.6. The van der Waals surface area contributed by atoms with Crippen LogP contribution in [-0.4, -0.2) is 70.3 Å².